The number of hydrogen-bond acceptors (Lipinski definition) is 16. The van der Waals surface area contributed by atoms with Gasteiger partial charge in [-0.15, -0.1) is 0 Å². The lowest BCUT2D eigenvalue weighted by atomic mass is 9.98. The molecule has 0 aromatic rings. The van der Waals surface area contributed by atoms with E-state index in [1.807, 2.05) is 0 Å². The van der Waals surface area contributed by atoms with E-state index in [9.17, 15) is 56.2 Å². The van der Waals surface area contributed by atoms with Gasteiger partial charge in [0.25, 0.3) is 0 Å². The van der Waals surface area contributed by atoms with Crippen LogP contribution in [0, 0.1) is 0 Å². The molecule has 0 aliphatic carbocycles. The van der Waals surface area contributed by atoms with E-state index in [4.69, 9.17) is 23.7 Å². The molecule has 0 aromatic heterocycles. The van der Waals surface area contributed by atoms with Crippen molar-refractivity contribution in [2.45, 2.75) is 85.5 Å². The Balaban J connectivity index is 1.87. The quantitative estimate of drug-likeness (QED) is 0.146. The Labute approximate surface area is 192 Å². The van der Waals surface area contributed by atoms with E-state index in [1.165, 1.54) is 0 Å². The first-order valence-electron chi connectivity index (χ1n) is 10.6. The molecule has 0 spiro atoms. The van der Waals surface area contributed by atoms with E-state index in [1.54, 1.807) is 0 Å². The van der Waals surface area contributed by atoms with E-state index in [-0.39, 0.29) is 0 Å². The molecular formula is C18H32O16. The van der Waals surface area contributed by atoms with Gasteiger partial charge in [-0.05, 0) is 0 Å². The summed E-state index contributed by atoms with van der Waals surface area (Å²) < 4.78 is 27.0. The molecule has 3 rings (SSSR count). The summed E-state index contributed by atoms with van der Waals surface area (Å²) >= 11 is 0. The fourth-order valence-electron chi connectivity index (χ4n) is 4.12. The molecule has 34 heavy (non-hydrogen) atoms. The largest absolute Gasteiger partial charge is 0.394 e. The van der Waals surface area contributed by atoms with Crippen LogP contribution in [-0.2, 0) is 23.7 Å². The van der Waals surface area contributed by atoms with Crippen LogP contribution in [0.2, 0.25) is 0 Å². The van der Waals surface area contributed by atoms with Crippen LogP contribution in [0.4, 0.5) is 0 Å². The van der Waals surface area contributed by atoms with Gasteiger partial charge in [-0.1, -0.05) is 0 Å². The molecule has 0 radical (unpaired) electrons. The average Bonchev–Trinajstić information content (AvgIpc) is 3.10. The van der Waals surface area contributed by atoms with E-state index in [2.05, 4.69) is 0 Å². The van der Waals surface area contributed by atoms with Crippen molar-refractivity contribution in [3.8, 4) is 0 Å². The third-order valence-corrected chi connectivity index (χ3v) is 6.17. The Hall–Kier alpha value is -0.640. The summed E-state index contributed by atoms with van der Waals surface area (Å²) in [5.41, 5.74) is 0. The van der Waals surface area contributed by atoms with Crippen molar-refractivity contribution >= 4 is 0 Å². The van der Waals surface area contributed by atoms with Gasteiger partial charge in [-0.3, -0.25) is 0 Å². The molecule has 0 amide bonds. The van der Waals surface area contributed by atoms with Crippen LogP contribution in [0.15, 0.2) is 0 Å². The molecule has 200 valence electrons. The molecule has 16 heteroatoms. The summed E-state index contributed by atoms with van der Waals surface area (Å²) in [5.74, 6) is -2.43. The summed E-state index contributed by atoms with van der Waals surface area (Å²) in [6.07, 6.45) is -22.3. The van der Waals surface area contributed by atoms with E-state index >= 15 is 0 Å². The van der Waals surface area contributed by atoms with Crippen LogP contribution in [0.5, 0.6) is 0 Å². The van der Waals surface area contributed by atoms with Gasteiger partial charge >= 0.3 is 0 Å². The van der Waals surface area contributed by atoms with Crippen molar-refractivity contribution in [3.63, 3.8) is 0 Å². The van der Waals surface area contributed by atoms with E-state index < -0.39 is 112 Å². The highest BCUT2D eigenvalue weighted by Gasteiger charge is 2.61. The molecule has 3 saturated heterocycles. The molecule has 16 nitrogen and oxygen atoms in total. The summed E-state index contributed by atoms with van der Waals surface area (Å²) in [6, 6.07) is 0. The second-order valence-corrected chi connectivity index (χ2v) is 8.37. The maximum absolute atomic E-state index is 10.6. The van der Waals surface area contributed by atoms with Crippen LogP contribution >= 0.6 is 0 Å². The van der Waals surface area contributed by atoms with E-state index in [0.29, 0.717) is 0 Å². The highest BCUT2D eigenvalue weighted by molar-refractivity contribution is 5.01. The van der Waals surface area contributed by atoms with Gasteiger partial charge in [0, 0.05) is 0 Å². The minimum Gasteiger partial charge on any atom is -0.394 e. The molecule has 3 heterocycles. The number of hydrogen-bond donors (Lipinski definition) is 11. The monoisotopic (exact) mass is 504 g/mol. The molecular weight excluding hydrogens is 472 g/mol. The normalized spacial score (nSPS) is 52.1. The fourth-order valence-corrected chi connectivity index (χ4v) is 4.12. The molecule has 14 atom stereocenters. The molecule has 1 unspecified atom stereocenters. The lowest BCUT2D eigenvalue weighted by Crippen LogP contribution is -2.64. The molecule has 3 fully saturated rings. The van der Waals surface area contributed by atoms with Gasteiger partial charge in [0.05, 0.1) is 19.8 Å². The Morgan fingerprint density at radius 2 is 1.03 bits per heavy atom. The zero-order chi connectivity index (χ0) is 25.4. The van der Waals surface area contributed by atoms with Gasteiger partial charge in [0.15, 0.2) is 12.6 Å². The minimum absolute atomic E-state index is 0.777. The van der Waals surface area contributed by atoms with Crippen molar-refractivity contribution in [1.82, 2.24) is 0 Å². The zero-order valence-electron chi connectivity index (χ0n) is 17.8. The summed E-state index contributed by atoms with van der Waals surface area (Å²) in [6.45, 7) is -3.49. The van der Waals surface area contributed by atoms with Gasteiger partial charge in [-0.25, -0.2) is 0 Å². The van der Waals surface area contributed by atoms with Crippen LogP contribution in [-0.4, -0.2) is 168 Å². The Morgan fingerprint density at radius 3 is 1.50 bits per heavy atom. The van der Waals surface area contributed by atoms with Gasteiger partial charge in [-0.2, -0.15) is 0 Å². The minimum atomic E-state index is -2.43. The molecule has 0 aromatic carbocycles. The Bertz CT molecular complexity index is 651. The SMILES string of the molecule is OC[C@H]1O[C@H](O[C@]2(CO)O[C@H](CO)[C@@H](O)C2O[C@H]2O[C@H](CO)[C@@H](O)[C@H](O)[C@H]2O)[C@H](O)[C@@H](O)[C@@H]1O. The summed E-state index contributed by atoms with van der Waals surface area (Å²) in [4.78, 5) is 0. The molecule has 11 N–H and O–H groups in total. The third kappa shape index (κ3) is 4.96. The smallest absolute Gasteiger partial charge is 0.224 e. The molecule has 3 aliphatic rings. The highest BCUT2D eigenvalue weighted by Crippen LogP contribution is 2.39. The lowest BCUT2D eigenvalue weighted by Gasteiger charge is -2.45. The summed E-state index contributed by atoms with van der Waals surface area (Å²) in [7, 11) is 0. The van der Waals surface area contributed by atoms with Crippen LogP contribution < -0.4 is 0 Å². The van der Waals surface area contributed by atoms with Gasteiger partial charge in [0.1, 0.15) is 73.8 Å². The average molecular weight is 504 g/mol. The Kier molecular flexibility index (Phi) is 9.18. The number of rotatable bonds is 8. The molecule has 3 aliphatic heterocycles. The van der Waals surface area contributed by atoms with Crippen molar-refractivity contribution < 1.29 is 79.9 Å². The topological polar surface area (TPSA) is 269 Å². The third-order valence-electron chi connectivity index (χ3n) is 6.17. The highest BCUT2D eigenvalue weighted by atomic mass is 16.8. The van der Waals surface area contributed by atoms with Crippen LogP contribution in [0.1, 0.15) is 0 Å². The van der Waals surface area contributed by atoms with Crippen molar-refractivity contribution in [1.29, 1.82) is 0 Å². The zero-order valence-corrected chi connectivity index (χ0v) is 17.8. The van der Waals surface area contributed by atoms with Crippen molar-refractivity contribution in [2.24, 2.45) is 0 Å². The lowest BCUT2D eigenvalue weighted by molar-refractivity contribution is -0.400. The standard InChI is InChI=1S/C18H32O16/c19-1-5-8(23)11(26)13(28)16(30-5)32-15-10(25)7(3-21)33-18(15,4-22)34-17-14(29)12(27)9(24)6(2-20)31-17/h5-17,19-29H,1-4H2/t5-,6-,7-,8-,9-,10-,11+,12+,13-,14-,15?,16-,17-,18+/m1/s1. The maximum atomic E-state index is 10.6. The number of aliphatic hydroxyl groups excluding tert-OH is 11. The fraction of sp³-hybridized carbons (Fsp3) is 1.00. The molecule has 0 saturated carbocycles. The van der Waals surface area contributed by atoms with Crippen molar-refractivity contribution in [3.05, 3.63) is 0 Å². The van der Waals surface area contributed by atoms with Gasteiger partial charge < -0.3 is 79.9 Å². The number of ether oxygens (including phenoxy) is 5. The van der Waals surface area contributed by atoms with E-state index in [0.717, 1.165) is 0 Å². The van der Waals surface area contributed by atoms with Crippen LogP contribution in [0.25, 0.3) is 0 Å². The first-order valence-corrected chi connectivity index (χ1v) is 10.6. The predicted octanol–water partition coefficient (Wildman–Crippen LogP) is -7.57. The predicted molar refractivity (Wildman–Crippen MR) is 101 cm³/mol. The van der Waals surface area contributed by atoms with Crippen LogP contribution in [0.3, 0.4) is 0 Å². The summed E-state index contributed by atoms with van der Waals surface area (Å²) in [5, 5.41) is 109. The Morgan fingerprint density at radius 1 is 0.559 bits per heavy atom. The molecule has 0 bridgehead atoms. The first-order chi connectivity index (χ1) is 16.0. The number of aliphatic hydroxyl groups is 11. The maximum Gasteiger partial charge on any atom is 0.224 e. The first kappa shape index (κ1) is 27.9. The second-order valence-electron chi connectivity index (χ2n) is 8.37. The van der Waals surface area contributed by atoms with Gasteiger partial charge in [0.2, 0.25) is 5.79 Å². The van der Waals surface area contributed by atoms with Crippen molar-refractivity contribution in [2.75, 3.05) is 26.4 Å². The second kappa shape index (κ2) is 11.2.